The highest BCUT2D eigenvalue weighted by Gasteiger charge is 2.14. The summed E-state index contributed by atoms with van der Waals surface area (Å²) in [4.78, 5) is 28.2. The molecule has 3 rings (SSSR count). The number of urea groups is 1. The molecular formula is C23H22ClN5O5. The van der Waals surface area contributed by atoms with Crippen molar-refractivity contribution in [3.63, 3.8) is 0 Å². The Kier molecular flexibility index (Phi) is 8.71. The molecule has 176 valence electrons. The Morgan fingerprint density at radius 1 is 1.21 bits per heavy atom. The molecule has 0 saturated heterocycles. The van der Waals surface area contributed by atoms with Gasteiger partial charge in [0.2, 0.25) is 0 Å². The maximum atomic E-state index is 12.5. The molecule has 1 atom stereocenters. The molecule has 34 heavy (non-hydrogen) atoms. The van der Waals surface area contributed by atoms with Gasteiger partial charge in [-0.3, -0.25) is 0 Å². The van der Waals surface area contributed by atoms with Crippen molar-refractivity contribution in [2.45, 2.75) is 19.1 Å². The molecule has 11 heteroatoms. The van der Waals surface area contributed by atoms with Crippen LogP contribution in [0.3, 0.4) is 0 Å². The number of halogens is 1. The van der Waals surface area contributed by atoms with Gasteiger partial charge in [-0.25, -0.2) is 14.6 Å². The summed E-state index contributed by atoms with van der Waals surface area (Å²) in [5, 5.41) is 16.8. The third-order valence-corrected chi connectivity index (χ3v) is 4.89. The summed E-state index contributed by atoms with van der Waals surface area (Å²) in [5.41, 5.74) is 2.48. The number of oxazole rings is 1. The number of methoxy groups -OCH3 is 1. The zero-order valence-electron chi connectivity index (χ0n) is 18.2. The van der Waals surface area contributed by atoms with Crippen LogP contribution in [0.5, 0.6) is 5.75 Å². The Hall–Kier alpha value is -4.23. The van der Waals surface area contributed by atoms with Crippen molar-refractivity contribution < 1.29 is 23.5 Å². The molecule has 0 saturated carbocycles. The second-order valence-electron chi connectivity index (χ2n) is 6.96. The molecule has 0 aliphatic carbocycles. The Balaban J connectivity index is 1.56. The lowest BCUT2D eigenvalue weighted by Gasteiger charge is -2.13. The number of nitrogens with zero attached hydrogens (tertiary/aromatic N) is 2. The molecular weight excluding hydrogens is 462 g/mol. The Labute approximate surface area is 200 Å². The van der Waals surface area contributed by atoms with Gasteiger partial charge in [-0.05, 0) is 29.8 Å². The number of alkyl halides is 1. The van der Waals surface area contributed by atoms with Crippen LogP contribution < -0.4 is 20.7 Å². The summed E-state index contributed by atoms with van der Waals surface area (Å²) in [6.45, 7) is 0.165. The molecule has 0 radical (unpaired) electrons. The van der Waals surface area contributed by atoms with Gasteiger partial charge in [-0.15, -0.1) is 11.6 Å². The van der Waals surface area contributed by atoms with E-state index in [9.17, 15) is 9.59 Å². The number of carbonyl (C=O) groups excluding carboxylic acids is 2. The molecule has 0 fully saturated rings. The van der Waals surface area contributed by atoms with Crippen LogP contribution in [0.25, 0.3) is 11.3 Å². The summed E-state index contributed by atoms with van der Waals surface area (Å²) in [6, 6.07) is 13.5. The zero-order valence-corrected chi connectivity index (χ0v) is 19.0. The Bertz CT molecular complexity index is 1160. The largest absolute Gasteiger partial charge is 0.496 e. The van der Waals surface area contributed by atoms with Crippen molar-refractivity contribution >= 4 is 35.1 Å². The van der Waals surface area contributed by atoms with Gasteiger partial charge in [-0.1, -0.05) is 12.1 Å². The molecule has 3 N–H and O–H groups in total. The van der Waals surface area contributed by atoms with E-state index in [2.05, 4.69) is 20.9 Å². The van der Waals surface area contributed by atoms with Crippen molar-refractivity contribution in [1.29, 1.82) is 5.26 Å². The average molecular weight is 484 g/mol. The van der Waals surface area contributed by atoms with Gasteiger partial charge in [0, 0.05) is 24.0 Å². The van der Waals surface area contributed by atoms with Gasteiger partial charge in [0.25, 0.3) is 0 Å². The van der Waals surface area contributed by atoms with E-state index in [4.69, 9.17) is 30.8 Å². The lowest BCUT2D eigenvalue weighted by atomic mass is 10.1. The van der Waals surface area contributed by atoms with Crippen LogP contribution in [-0.4, -0.2) is 36.2 Å². The molecule has 1 unspecified atom stereocenters. The number of benzene rings is 2. The number of carbonyl (C=O) groups is 2. The quantitative estimate of drug-likeness (QED) is 0.373. The minimum Gasteiger partial charge on any atom is -0.496 e. The monoisotopic (exact) mass is 483 g/mol. The SMILES string of the molecule is COc1cc(NC(=O)Nc2cccc(CNC(=O)OC(CCl)CC#N)c2)ccc1-c1cnco1. The number of nitriles is 1. The Morgan fingerprint density at radius 2 is 2.00 bits per heavy atom. The Morgan fingerprint density at radius 3 is 2.68 bits per heavy atom. The minimum absolute atomic E-state index is 0.0140. The molecule has 2 aromatic carbocycles. The van der Waals surface area contributed by atoms with Crippen molar-refractivity contribution in [1.82, 2.24) is 10.3 Å². The number of aromatic nitrogens is 1. The number of anilines is 2. The van der Waals surface area contributed by atoms with E-state index in [1.165, 1.54) is 13.5 Å². The first kappa shape index (κ1) is 24.4. The molecule has 3 aromatic rings. The van der Waals surface area contributed by atoms with E-state index in [0.717, 1.165) is 5.56 Å². The fourth-order valence-electron chi connectivity index (χ4n) is 2.97. The summed E-state index contributed by atoms with van der Waals surface area (Å²) in [6.07, 6.45) is 1.56. The van der Waals surface area contributed by atoms with Gasteiger partial charge < -0.3 is 29.8 Å². The molecule has 3 amide bonds. The van der Waals surface area contributed by atoms with Gasteiger partial charge in [0.05, 0.1) is 37.2 Å². The number of hydrogen-bond acceptors (Lipinski definition) is 7. The normalized spacial score (nSPS) is 11.1. The molecule has 0 bridgehead atoms. The van der Waals surface area contributed by atoms with Gasteiger partial charge >= 0.3 is 12.1 Å². The number of hydrogen-bond donors (Lipinski definition) is 3. The summed E-state index contributed by atoms with van der Waals surface area (Å²) >= 11 is 5.67. The van der Waals surface area contributed by atoms with Crippen LogP contribution in [0.2, 0.25) is 0 Å². The van der Waals surface area contributed by atoms with E-state index < -0.39 is 18.2 Å². The van der Waals surface area contributed by atoms with E-state index >= 15 is 0 Å². The summed E-state index contributed by atoms with van der Waals surface area (Å²) < 4.78 is 15.8. The summed E-state index contributed by atoms with van der Waals surface area (Å²) in [5.74, 6) is 1.09. The van der Waals surface area contributed by atoms with E-state index in [0.29, 0.717) is 28.4 Å². The van der Waals surface area contributed by atoms with Crippen LogP contribution in [0, 0.1) is 11.3 Å². The second-order valence-corrected chi connectivity index (χ2v) is 7.27. The van der Waals surface area contributed by atoms with E-state index in [1.54, 1.807) is 48.7 Å². The number of alkyl carbamates (subject to hydrolysis) is 1. The number of nitrogens with one attached hydrogen (secondary N) is 3. The van der Waals surface area contributed by atoms with E-state index in [1.807, 2.05) is 6.07 Å². The first-order valence-electron chi connectivity index (χ1n) is 10.1. The topological polar surface area (TPSA) is 139 Å². The summed E-state index contributed by atoms with van der Waals surface area (Å²) in [7, 11) is 1.52. The van der Waals surface area contributed by atoms with Crippen LogP contribution in [-0.2, 0) is 11.3 Å². The molecule has 10 nitrogen and oxygen atoms in total. The van der Waals surface area contributed by atoms with Crippen LogP contribution in [0.4, 0.5) is 21.0 Å². The lowest BCUT2D eigenvalue weighted by molar-refractivity contribution is 0.110. The van der Waals surface area contributed by atoms with Crippen molar-refractivity contribution in [2.24, 2.45) is 0 Å². The highest BCUT2D eigenvalue weighted by atomic mass is 35.5. The fourth-order valence-corrected chi connectivity index (χ4v) is 3.14. The smallest absolute Gasteiger partial charge is 0.407 e. The number of ether oxygens (including phenoxy) is 2. The van der Waals surface area contributed by atoms with Gasteiger partial charge in [-0.2, -0.15) is 5.26 Å². The van der Waals surface area contributed by atoms with Crippen LogP contribution >= 0.6 is 11.6 Å². The van der Waals surface area contributed by atoms with Crippen molar-refractivity contribution in [2.75, 3.05) is 23.6 Å². The van der Waals surface area contributed by atoms with Gasteiger partial charge in [0.15, 0.2) is 12.2 Å². The van der Waals surface area contributed by atoms with E-state index in [-0.39, 0.29) is 18.8 Å². The van der Waals surface area contributed by atoms with Crippen molar-refractivity contribution in [3.05, 3.63) is 60.6 Å². The lowest BCUT2D eigenvalue weighted by Crippen LogP contribution is -2.29. The average Bonchev–Trinajstić information content (AvgIpc) is 3.37. The standard InChI is InChI=1S/C23H22ClN5O5/c1-32-20-10-17(5-6-19(20)21-13-26-14-33-21)29-22(30)28-16-4-2-3-15(9-16)12-27-23(31)34-18(11-24)7-8-25/h2-6,9-10,13-14,18H,7,11-12H2,1H3,(H,27,31)(H2,28,29,30). The predicted molar refractivity (Wildman–Crippen MR) is 126 cm³/mol. The number of amides is 3. The molecule has 1 heterocycles. The first-order chi connectivity index (χ1) is 16.5. The maximum absolute atomic E-state index is 12.5. The third kappa shape index (κ3) is 6.88. The fraction of sp³-hybridized carbons (Fsp3) is 0.217. The minimum atomic E-state index is -0.681. The van der Waals surface area contributed by atoms with Crippen molar-refractivity contribution in [3.8, 4) is 23.1 Å². The van der Waals surface area contributed by atoms with Crippen LogP contribution in [0.15, 0.2) is 59.5 Å². The highest BCUT2D eigenvalue weighted by molar-refractivity contribution is 6.18. The van der Waals surface area contributed by atoms with Crippen LogP contribution in [0.1, 0.15) is 12.0 Å². The first-order valence-corrected chi connectivity index (χ1v) is 10.7. The molecule has 0 aliphatic rings. The van der Waals surface area contributed by atoms with Gasteiger partial charge in [0.1, 0.15) is 11.9 Å². The zero-order chi connectivity index (χ0) is 24.3. The highest BCUT2D eigenvalue weighted by Crippen LogP contribution is 2.32. The molecule has 0 aliphatic heterocycles. The third-order valence-electron chi connectivity index (χ3n) is 4.54. The maximum Gasteiger partial charge on any atom is 0.407 e. The second kappa shape index (κ2) is 12.1. The number of rotatable bonds is 9. The molecule has 0 spiro atoms. The predicted octanol–water partition coefficient (Wildman–Crippen LogP) is 4.74. The molecule has 1 aromatic heterocycles.